The Morgan fingerprint density at radius 3 is 2.59 bits per heavy atom. The standard InChI is InChI=1S/C24H21ClN6S/c1-5-19-23-29-28-15(3)31(23)24-21(22(27-19)16-6-8-17(25)9-7-16)14(2)20(32-24)11-10-18-12-26-13-30(18)4/h6-9,12-13,19H,5H2,1-4H3/t19-/m0/s1. The Bertz CT molecular complexity index is 1410. The lowest BCUT2D eigenvalue weighted by Gasteiger charge is -2.10. The number of fused-ring (bicyclic) bond motifs is 3. The second-order valence-corrected chi connectivity index (χ2v) is 9.16. The van der Waals surface area contributed by atoms with Gasteiger partial charge in [0.25, 0.3) is 0 Å². The smallest absolute Gasteiger partial charge is 0.163 e. The molecule has 1 aromatic carbocycles. The average Bonchev–Trinajstić information content (AvgIpc) is 3.43. The number of aryl methyl sites for hydroxylation is 2. The zero-order valence-electron chi connectivity index (χ0n) is 18.2. The molecule has 5 rings (SSSR count). The molecule has 32 heavy (non-hydrogen) atoms. The van der Waals surface area contributed by atoms with Gasteiger partial charge in [0.05, 0.1) is 23.1 Å². The highest BCUT2D eigenvalue weighted by Crippen LogP contribution is 2.39. The summed E-state index contributed by atoms with van der Waals surface area (Å²) in [7, 11) is 1.94. The van der Waals surface area contributed by atoms with Crippen molar-refractivity contribution in [3.63, 3.8) is 0 Å². The highest BCUT2D eigenvalue weighted by Gasteiger charge is 2.31. The van der Waals surface area contributed by atoms with Crippen molar-refractivity contribution in [2.45, 2.75) is 33.2 Å². The monoisotopic (exact) mass is 460 g/mol. The molecule has 0 fully saturated rings. The number of rotatable bonds is 2. The zero-order valence-corrected chi connectivity index (χ0v) is 19.8. The molecule has 4 heterocycles. The van der Waals surface area contributed by atoms with Gasteiger partial charge in [0.1, 0.15) is 22.6 Å². The molecule has 6 nitrogen and oxygen atoms in total. The van der Waals surface area contributed by atoms with Crippen LogP contribution in [0.3, 0.4) is 0 Å². The maximum atomic E-state index is 6.17. The number of imidazole rings is 1. The number of hydrogen-bond donors (Lipinski definition) is 0. The minimum absolute atomic E-state index is 0.0788. The third kappa shape index (κ3) is 3.36. The van der Waals surface area contributed by atoms with Crippen LogP contribution in [0.5, 0.6) is 0 Å². The number of thiophene rings is 1. The zero-order chi connectivity index (χ0) is 22.4. The molecule has 0 unspecified atom stereocenters. The summed E-state index contributed by atoms with van der Waals surface area (Å²) in [4.78, 5) is 10.3. The number of benzene rings is 1. The Morgan fingerprint density at radius 2 is 1.91 bits per heavy atom. The molecule has 0 saturated heterocycles. The van der Waals surface area contributed by atoms with E-state index in [1.54, 1.807) is 23.9 Å². The van der Waals surface area contributed by atoms with Gasteiger partial charge in [-0.3, -0.25) is 9.56 Å². The van der Waals surface area contributed by atoms with Gasteiger partial charge >= 0.3 is 0 Å². The molecule has 0 bridgehead atoms. The second-order valence-electron chi connectivity index (χ2n) is 7.73. The van der Waals surface area contributed by atoms with Crippen molar-refractivity contribution in [1.29, 1.82) is 0 Å². The molecule has 0 saturated carbocycles. The number of halogens is 1. The Hall–Kier alpha value is -3.21. The van der Waals surface area contributed by atoms with Crippen molar-refractivity contribution < 1.29 is 0 Å². The van der Waals surface area contributed by atoms with Crippen LogP contribution in [0.4, 0.5) is 0 Å². The third-order valence-electron chi connectivity index (χ3n) is 5.63. The predicted octanol–water partition coefficient (Wildman–Crippen LogP) is 5.03. The summed E-state index contributed by atoms with van der Waals surface area (Å²) < 4.78 is 4.05. The molecule has 3 aromatic heterocycles. The van der Waals surface area contributed by atoms with E-state index in [0.29, 0.717) is 5.02 Å². The summed E-state index contributed by atoms with van der Waals surface area (Å²) in [6.07, 6.45) is 4.36. The van der Waals surface area contributed by atoms with Gasteiger partial charge < -0.3 is 4.57 Å². The fraction of sp³-hybridized carbons (Fsp3) is 0.250. The summed E-state index contributed by atoms with van der Waals surface area (Å²) in [6.45, 7) is 6.22. The lowest BCUT2D eigenvalue weighted by molar-refractivity contribution is 0.641. The van der Waals surface area contributed by atoms with Crippen molar-refractivity contribution >= 4 is 28.6 Å². The van der Waals surface area contributed by atoms with Crippen LogP contribution in [0, 0.1) is 25.7 Å². The Kier molecular flexibility index (Phi) is 5.20. The van der Waals surface area contributed by atoms with Gasteiger partial charge in [-0.25, -0.2) is 4.98 Å². The van der Waals surface area contributed by atoms with E-state index in [0.717, 1.165) is 56.0 Å². The average molecular weight is 461 g/mol. The molecular formula is C24H21ClN6S. The first-order chi connectivity index (χ1) is 15.5. The highest BCUT2D eigenvalue weighted by atomic mass is 35.5. The largest absolute Gasteiger partial charge is 0.327 e. The SMILES string of the molecule is CC[C@@H]1N=C(c2ccc(Cl)cc2)c2c(sc(C#Cc3cncn3C)c2C)-n2c(C)nnc21. The maximum Gasteiger partial charge on any atom is 0.163 e. The van der Waals surface area contributed by atoms with Crippen LogP contribution in [-0.4, -0.2) is 30.0 Å². The van der Waals surface area contributed by atoms with Gasteiger partial charge in [0.15, 0.2) is 5.82 Å². The number of aromatic nitrogens is 5. The van der Waals surface area contributed by atoms with E-state index in [9.17, 15) is 0 Å². The molecular weight excluding hydrogens is 440 g/mol. The Balaban J connectivity index is 1.76. The van der Waals surface area contributed by atoms with Crippen LogP contribution < -0.4 is 0 Å². The minimum Gasteiger partial charge on any atom is -0.327 e. The first kappa shape index (κ1) is 20.7. The summed E-state index contributed by atoms with van der Waals surface area (Å²) in [5.74, 6) is 8.32. The molecule has 1 aliphatic rings. The van der Waals surface area contributed by atoms with Crippen LogP contribution in [0.25, 0.3) is 5.00 Å². The maximum absolute atomic E-state index is 6.17. The van der Waals surface area contributed by atoms with Crippen LogP contribution in [0.1, 0.15) is 58.3 Å². The lowest BCUT2D eigenvalue weighted by Crippen LogP contribution is -2.07. The van der Waals surface area contributed by atoms with Crippen molar-refractivity contribution in [3.05, 3.63) is 80.7 Å². The van der Waals surface area contributed by atoms with Crippen LogP contribution in [0.2, 0.25) is 5.02 Å². The molecule has 0 aliphatic carbocycles. The highest BCUT2D eigenvalue weighted by molar-refractivity contribution is 7.15. The molecule has 0 radical (unpaired) electrons. The van der Waals surface area contributed by atoms with Gasteiger partial charge in [-0.05, 0) is 49.8 Å². The van der Waals surface area contributed by atoms with E-state index in [-0.39, 0.29) is 6.04 Å². The predicted molar refractivity (Wildman–Crippen MR) is 128 cm³/mol. The fourth-order valence-corrected chi connectivity index (χ4v) is 5.22. The van der Waals surface area contributed by atoms with Gasteiger partial charge in [-0.1, -0.05) is 30.7 Å². The number of aliphatic imine (C=N–C) groups is 1. The van der Waals surface area contributed by atoms with E-state index in [2.05, 4.69) is 45.4 Å². The summed E-state index contributed by atoms with van der Waals surface area (Å²) in [5, 5.41) is 10.6. The molecule has 4 aromatic rings. The lowest BCUT2D eigenvalue weighted by atomic mass is 9.99. The quantitative estimate of drug-likeness (QED) is 0.394. The first-order valence-corrected chi connectivity index (χ1v) is 11.6. The molecule has 160 valence electrons. The van der Waals surface area contributed by atoms with E-state index < -0.39 is 0 Å². The van der Waals surface area contributed by atoms with Crippen LogP contribution in [-0.2, 0) is 7.05 Å². The first-order valence-electron chi connectivity index (χ1n) is 10.4. The second kappa shape index (κ2) is 8.05. The van der Waals surface area contributed by atoms with Gasteiger partial charge in [0, 0.05) is 23.2 Å². The summed E-state index contributed by atoms with van der Waals surface area (Å²) >= 11 is 7.82. The molecule has 8 heteroatoms. The molecule has 0 amide bonds. The van der Waals surface area contributed by atoms with Crippen LogP contribution >= 0.6 is 22.9 Å². The normalized spacial score (nSPS) is 14.8. The molecule has 1 atom stereocenters. The summed E-state index contributed by atoms with van der Waals surface area (Å²) in [5.41, 5.74) is 5.01. The summed E-state index contributed by atoms with van der Waals surface area (Å²) in [6, 6.07) is 7.77. The topological polar surface area (TPSA) is 60.9 Å². The van der Waals surface area contributed by atoms with E-state index >= 15 is 0 Å². The van der Waals surface area contributed by atoms with Gasteiger partial charge in [0.2, 0.25) is 0 Å². The fourth-order valence-electron chi connectivity index (χ4n) is 3.88. The van der Waals surface area contributed by atoms with Crippen molar-refractivity contribution in [1.82, 2.24) is 24.3 Å². The minimum atomic E-state index is -0.0788. The van der Waals surface area contributed by atoms with E-state index in [4.69, 9.17) is 16.6 Å². The molecule has 1 aliphatic heterocycles. The van der Waals surface area contributed by atoms with Gasteiger partial charge in [-0.2, -0.15) is 0 Å². The van der Waals surface area contributed by atoms with Crippen molar-refractivity contribution in [3.8, 4) is 16.8 Å². The van der Waals surface area contributed by atoms with Crippen molar-refractivity contribution in [2.75, 3.05) is 0 Å². The Morgan fingerprint density at radius 1 is 1.12 bits per heavy atom. The molecule has 0 N–H and O–H groups in total. The van der Waals surface area contributed by atoms with E-state index in [1.165, 1.54) is 0 Å². The van der Waals surface area contributed by atoms with Crippen LogP contribution in [0.15, 0.2) is 41.8 Å². The Labute approximate surface area is 195 Å². The van der Waals surface area contributed by atoms with E-state index in [1.807, 2.05) is 42.8 Å². The van der Waals surface area contributed by atoms with Gasteiger partial charge in [-0.15, -0.1) is 21.5 Å². The third-order valence-corrected chi connectivity index (χ3v) is 7.07. The molecule has 0 spiro atoms. The van der Waals surface area contributed by atoms with Crippen molar-refractivity contribution in [2.24, 2.45) is 12.0 Å². The number of hydrogen-bond acceptors (Lipinski definition) is 5. The number of nitrogens with zero attached hydrogens (tertiary/aromatic N) is 6.